The number of carbonyl (C=O) groups excluding carboxylic acids is 1. The maximum absolute atomic E-state index is 12.4. The molecule has 1 aliphatic rings. The molecule has 2 aromatic heterocycles. The second-order valence-electron chi connectivity index (χ2n) is 6.21. The highest BCUT2D eigenvalue weighted by atomic mass is 32.1. The second-order valence-corrected chi connectivity index (χ2v) is 7.10. The summed E-state index contributed by atoms with van der Waals surface area (Å²) in [6, 6.07) is 2.35. The Labute approximate surface area is 139 Å². The smallest absolute Gasteiger partial charge is 0.262 e. The van der Waals surface area contributed by atoms with Gasteiger partial charge in [-0.15, -0.1) is 11.3 Å². The minimum absolute atomic E-state index is 0.0598. The molecule has 23 heavy (non-hydrogen) atoms. The topological polar surface area (TPSA) is 58.4 Å². The number of hydrogen-bond donors (Lipinski definition) is 0. The summed E-state index contributed by atoms with van der Waals surface area (Å²) < 4.78 is 1.54. The average Bonchev–Trinajstić information content (AvgIpc) is 3.03. The van der Waals surface area contributed by atoms with Gasteiger partial charge in [0.15, 0.2) is 0 Å². The number of amides is 1. The number of rotatable bonds is 4. The maximum atomic E-state index is 12.4. The highest BCUT2D eigenvalue weighted by Crippen LogP contribution is 2.16. The molecule has 7 heteroatoms. The Morgan fingerprint density at radius 2 is 2.13 bits per heavy atom. The van der Waals surface area contributed by atoms with Gasteiger partial charge in [0.05, 0.1) is 11.7 Å². The van der Waals surface area contributed by atoms with Crippen LogP contribution >= 0.6 is 11.3 Å². The van der Waals surface area contributed by atoms with Crippen LogP contribution < -0.4 is 5.56 Å². The fraction of sp³-hybridized carbons (Fsp3) is 0.562. The molecule has 3 heterocycles. The lowest BCUT2D eigenvalue weighted by Gasteiger charge is -2.35. The number of fused-ring (bicyclic) bond motifs is 1. The Kier molecular flexibility index (Phi) is 4.77. The van der Waals surface area contributed by atoms with Crippen LogP contribution in [0.2, 0.25) is 0 Å². The molecule has 1 fully saturated rings. The number of nitrogens with zero attached hydrogens (tertiary/aromatic N) is 4. The Hall–Kier alpha value is -1.73. The van der Waals surface area contributed by atoms with Gasteiger partial charge in [0.1, 0.15) is 4.83 Å². The summed E-state index contributed by atoms with van der Waals surface area (Å²) in [5.74, 6) is 0.125. The third kappa shape index (κ3) is 3.45. The summed E-state index contributed by atoms with van der Waals surface area (Å²) >= 11 is 1.46. The standard InChI is InChI=1S/C16H22N4O2S/c1-18(2)12-3-7-19(8-4-12)14(21)5-9-20-11-17-15-13(16(20)22)6-10-23-15/h6,10-12H,3-5,7-9H2,1-2H3. The Balaban J connectivity index is 1.58. The first kappa shape index (κ1) is 16.1. The molecule has 6 nitrogen and oxygen atoms in total. The average molecular weight is 334 g/mol. The number of aromatic nitrogens is 2. The Bertz CT molecular complexity index is 744. The molecule has 0 atom stereocenters. The Morgan fingerprint density at radius 1 is 1.39 bits per heavy atom. The van der Waals surface area contributed by atoms with Gasteiger partial charge in [-0.1, -0.05) is 0 Å². The molecule has 1 amide bonds. The first-order chi connectivity index (χ1) is 11.1. The molecule has 2 aromatic rings. The van der Waals surface area contributed by atoms with E-state index < -0.39 is 0 Å². The third-order valence-corrected chi connectivity index (χ3v) is 5.39. The van der Waals surface area contributed by atoms with Crippen molar-refractivity contribution in [2.45, 2.75) is 31.8 Å². The van der Waals surface area contributed by atoms with E-state index in [4.69, 9.17) is 0 Å². The van der Waals surface area contributed by atoms with Crippen molar-refractivity contribution in [3.8, 4) is 0 Å². The zero-order valence-electron chi connectivity index (χ0n) is 13.6. The fourth-order valence-electron chi connectivity index (χ4n) is 3.06. The molecule has 1 aliphatic heterocycles. The molecule has 3 rings (SSSR count). The summed E-state index contributed by atoms with van der Waals surface area (Å²) in [6.45, 7) is 2.00. The number of piperidine rings is 1. The molecular formula is C16H22N4O2S. The van der Waals surface area contributed by atoms with Gasteiger partial charge >= 0.3 is 0 Å². The molecule has 0 N–H and O–H groups in total. The van der Waals surface area contributed by atoms with Crippen molar-refractivity contribution >= 4 is 27.5 Å². The van der Waals surface area contributed by atoms with Crippen molar-refractivity contribution in [1.29, 1.82) is 0 Å². The highest BCUT2D eigenvalue weighted by Gasteiger charge is 2.23. The van der Waals surface area contributed by atoms with E-state index in [1.807, 2.05) is 10.3 Å². The zero-order chi connectivity index (χ0) is 16.4. The van der Waals surface area contributed by atoms with E-state index in [1.165, 1.54) is 11.3 Å². The quantitative estimate of drug-likeness (QED) is 0.848. The molecular weight excluding hydrogens is 312 g/mol. The van der Waals surface area contributed by atoms with Gasteiger partial charge < -0.3 is 9.80 Å². The molecule has 0 bridgehead atoms. The summed E-state index contributed by atoms with van der Waals surface area (Å²) in [7, 11) is 4.17. The fourth-order valence-corrected chi connectivity index (χ4v) is 3.78. The minimum Gasteiger partial charge on any atom is -0.343 e. The largest absolute Gasteiger partial charge is 0.343 e. The highest BCUT2D eigenvalue weighted by molar-refractivity contribution is 7.16. The number of carbonyl (C=O) groups is 1. The van der Waals surface area contributed by atoms with Crippen molar-refractivity contribution in [1.82, 2.24) is 19.4 Å². The number of hydrogen-bond acceptors (Lipinski definition) is 5. The summed E-state index contributed by atoms with van der Waals surface area (Å²) in [4.78, 5) is 33.8. The van der Waals surface area contributed by atoms with Crippen molar-refractivity contribution < 1.29 is 4.79 Å². The van der Waals surface area contributed by atoms with Gasteiger partial charge in [0, 0.05) is 32.1 Å². The monoisotopic (exact) mass is 334 g/mol. The number of aryl methyl sites for hydroxylation is 1. The van der Waals surface area contributed by atoms with Crippen LogP contribution in [0.4, 0.5) is 0 Å². The van der Waals surface area contributed by atoms with E-state index in [-0.39, 0.29) is 11.5 Å². The van der Waals surface area contributed by atoms with E-state index in [9.17, 15) is 9.59 Å². The van der Waals surface area contributed by atoms with Crippen LogP contribution in [0.25, 0.3) is 10.2 Å². The third-order valence-electron chi connectivity index (χ3n) is 4.56. The van der Waals surface area contributed by atoms with E-state index in [2.05, 4.69) is 24.0 Å². The predicted octanol–water partition coefficient (Wildman–Crippen LogP) is 1.40. The van der Waals surface area contributed by atoms with Gasteiger partial charge in [0.2, 0.25) is 5.91 Å². The van der Waals surface area contributed by atoms with Crippen LogP contribution in [-0.4, -0.2) is 58.5 Å². The zero-order valence-corrected chi connectivity index (χ0v) is 14.4. The molecule has 0 aliphatic carbocycles. The number of likely N-dealkylation sites (tertiary alicyclic amines) is 1. The lowest BCUT2D eigenvalue weighted by molar-refractivity contribution is -0.132. The molecule has 0 saturated carbocycles. The van der Waals surface area contributed by atoms with E-state index in [0.717, 1.165) is 30.8 Å². The molecule has 0 spiro atoms. The van der Waals surface area contributed by atoms with Crippen LogP contribution in [0.15, 0.2) is 22.6 Å². The van der Waals surface area contributed by atoms with Gasteiger partial charge in [-0.2, -0.15) is 0 Å². The van der Waals surface area contributed by atoms with Crippen molar-refractivity contribution in [3.05, 3.63) is 28.1 Å². The van der Waals surface area contributed by atoms with Crippen molar-refractivity contribution in [3.63, 3.8) is 0 Å². The summed E-state index contributed by atoms with van der Waals surface area (Å²) in [5, 5.41) is 2.50. The van der Waals surface area contributed by atoms with E-state index >= 15 is 0 Å². The minimum atomic E-state index is -0.0598. The van der Waals surface area contributed by atoms with Gasteiger partial charge in [0.25, 0.3) is 5.56 Å². The SMILES string of the molecule is CN(C)C1CCN(C(=O)CCn2cnc3sccc3c2=O)CC1. The normalized spacial score (nSPS) is 16.4. The molecule has 0 aromatic carbocycles. The Morgan fingerprint density at radius 3 is 2.83 bits per heavy atom. The van der Waals surface area contributed by atoms with E-state index in [0.29, 0.717) is 24.4 Å². The lowest BCUT2D eigenvalue weighted by atomic mass is 10.0. The summed E-state index contributed by atoms with van der Waals surface area (Å²) in [5.41, 5.74) is -0.0598. The van der Waals surface area contributed by atoms with Gasteiger partial charge in [-0.25, -0.2) is 4.98 Å². The second kappa shape index (κ2) is 6.80. The van der Waals surface area contributed by atoms with Crippen LogP contribution in [0.5, 0.6) is 0 Å². The molecule has 124 valence electrons. The maximum Gasteiger partial charge on any atom is 0.262 e. The first-order valence-corrected chi connectivity index (χ1v) is 8.81. The molecule has 1 saturated heterocycles. The number of thiophene rings is 1. The van der Waals surface area contributed by atoms with Crippen molar-refractivity contribution in [2.75, 3.05) is 27.2 Å². The van der Waals surface area contributed by atoms with Crippen molar-refractivity contribution in [2.24, 2.45) is 0 Å². The molecule has 0 unspecified atom stereocenters. The van der Waals surface area contributed by atoms with Crippen LogP contribution in [0.3, 0.4) is 0 Å². The lowest BCUT2D eigenvalue weighted by Crippen LogP contribution is -2.44. The molecule has 0 radical (unpaired) electrons. The van der Waals surface area contributed by atoms with E-state index in [1.54, 1.807) is 17.0 Å². The van der Waals surface area contributed by atoms with Gasteiger partial charge in [-0.05, 0) is 38.4 Å². The first-order valence-electron chi connectivity index (χ1n) is 7.93. The van der Waals surface area contributed by atoms with Crippen LogP contribution in [0, 0.1) is 0 Å². The summed E-state index contributed by atoms with van der Waals surface area (Å²) in [6.07, 6.45) is 3.93. The predicted molar refractivity (Wildman–Crippen MR) is 91.8 cm³/mol. The van der Waals surface area contributed by atoms with Crippen LogP contribution in [-0.2, 0) is 11.3 Å². The van der Waals surface area contributed by atoms with Gasteiger partial charge in [-0.3, -0.25) is 14.2 Å². The van der Waals surface area contributed by atoms with Crippen LogP contribution in [0.1, 0.15) is 19.3 Å².